The molecule has 0 radical (unpaired) electrons. The molecule has 0 unspecified atom stereocenters. The lowest BCUT2D eigenvalue weighted by atomic mass is 9.74. The van der Waals surface area contributed by atoms with Gasteiger partial charge in [0.2, 0.25) is 0 Å². The monoisotopic (exact) mass is 168 g/mol. The first-order valence-electron chi connectivity index (χ1n) is 4.06. The van der Waals surface area contributed by atoms with Crippen LogP contribution in [-0.2, 0) is 0 Å². The Morgan fingerprint density at radius 3 is 2.64 bits per heavy atom. The molecule has 2 rings (SSSR count). The van der Waals surface area contributed by atoms with Crippen molar-refractivity contribution in [2.45, 2.75) is 32.6 Å². The molecular formula is C8H12N2S. The van der Waals surface area contributed by atoms with Gasteiger partial charge in [-0.3, -0.25) is 0 Å². The maximum Gasteiger partial charge on any atom is 0.0815 e. The SMILES string of the molecule is Cc1snnc1C1CC(C)C1. The molecule has 0 spiro atoms. The van der Waals surface area contributed by atoms with Gasteiger partial charge in [0.05, 0.1) is 5.69 Å². The molecule has 1 fully saturated rings. The van der Waals surface area contributed by atoms with Crippen LogP contribution in [0.5, 0.6) is 0 Å². The van der Waals surface area contributed by atoms with Crippen molar-refractivity contribution in [2.24, 2.45) is 5.92 Å². The van der Waals surface area contributed by atoms with Crippen LogP contribution in [0.4, 0.5) is 0 Å². The van der Waals surface area contributed by atoms with Crippen molar-refractivity contribution >= 4 is 11.5 Å². The first-order valence-corrected chi connectivity index (χ1v) is 4.83. The van der Waals surface area contributed by atoms with Crippen LogP contribution in [0.1, 0.15) is 36.3 Å². The predicted octanol–water partition coefficient (Wildman–Crippen LogP) is 2.36. The molecule has 0 N–H and O–H groups in total. The quantitative estimate of drug-likeness (QED) is 0.643. The molecule has 11 heavy (non-hydrogen) atoms. The second-order valence-electron chi connectivity index (χ2n) is 3.49. The number of aromatic nitrogens is 2. The largest absolute Gasteiger partial charge is 0.143 e. The van der Waals surface area contributed by atoms with Crippen molar-refractivity contribution in [3.8, 4) is 0 Å². The summed E-state index contributed by atoms with van der Waals surface area (Å²) < 4.78 is 3.94. The molecule has 1 aromatic rings. The minimum atomic E-state index is 0.726. The molecule has 1 aliphatic carbocycles. The van der Waals surface area contributed by atoms with Crippen molar-refractivity contribution in [3.63, 3.8) is 0 Å². The van der Waals surface area contributed by atoms with Gasteiger partial charge in [-0.15, -0.1) is 5.10 Å². The lowest BCUT2D eigenvalue weighted by Gasteiger charge is -2.31. The van der Waals surface area contributed by atoms with Crippen molar-refractivity contribution < 1.29 is 0 Å². The van der Waals surface area contributed by atoms with E-state index in [2.05, 4.69) is 23.4 Å². The van der Waals surface area contributed by atoms with Crippen molar-refractivity contribution in [1.29, 1.82) is 0 Å². The smallest absolute Gasteiger partial charge is 0.0815 e. The second kappa shape index (κ2) is 2.55. The molecule has 1 aliphatic rings. The second-order valence-corrected chi connectivity index (χ2v) is 4.45. The Balaban J connectivity index is 2.12. The van der Waals surface area contributed by atoms with Gasteiger partial charge >= 0.3 is 0 Å². The van der Waals surface area contributed by atoms with Crippen LogP contribution in [0.2, 0.25) is 0 Å². The van der Waals surface area contributed by atoms with Crippen LogP contribution in [0.3, 0.4) is 0 Å². The standard InChI is InChI=1S/C8H12N2S/c1-5-3-7(4-5)8-6(2)11-10-9-8/h5,7H,3-4H2,1-2H3. The minimum Gasteiger partial charge on any atom is -0.143 e. The highest BCUT2D eigenvalue weighted by Gasteiger charge is 2.29. The Morgan fingerprint density at radius 1 is 1.45 bits per heavy atom. The van der Waals surface area contributed by atoms with Crippen molar-refractivity contribution in [3.05, 3.63) is 10.6 Å². The highest BCUT2D eigenvalue weighted by atomic mass is 32.1. The van der Waals surface area contributed by atoms with E-state index in [0.717, 1.165) is 11.8 Å². The lowest BCUT2D eigenvalue weighted by Crippen LogP contribution is -2.19. The average molecular weight is 168 g/mol. The minimum absolute atomic E-state index is 0.726. The fourth-order valence-electron chi connectivity index (χ4n) is 1.74. The molecule has 0 saturated heterocycles. The molecular weight excluding hydrogens is 156 g/mol. The first-order chi connectivity index (χ1) is 5.27. The number of rotatable bonds is 1. The van der Waals surface area contributed by atoms with Gasteiger partial charge in [-0.2, -0.15) is 0 Å². The van der Waals surface area contributed by atoms with E-state index >= 15 is 0 Å². The van der Waals surface area contributed by atoms with Crippen LogP contribution in [0.25, 0.3) is 0 Å². The Kier molecular flexibility index (Phi) is 1.68. The van der Waals surface area contributed by atoms with Crippen LogP contribution in [0, 0.1) is 12.8 Å². The highest BCUT2D eigenvalue weighted by molar-refractivity contribution is 7.05. The molecule has 1 saturated carbocycles. The summed E-state index contributed by atoms with van der Waals surface area (Å²) in [5, 5.41) is 4.14. The molecule has 0 bridgehead atoms. The maximum absolute atomic E-state index is 4.14. The normalized spacial score (nSPS) is 30.0. The van der Waals surface area contributed by atoms with Gasteiger partial charge in [0.1, 0.15) is 0 Å². The molecule has 0 aromatic carbocycles. The van der Waals surface area contributed by atoms with Gasteiger partial charge in [-0.1, -0.05) is 11.4 Å². The number of aryl methyl sites for hydroxylation is 1. The summed E-state index contributed by atoms with van der Waals surface area (Å²) in [4.78, 5) is 1.31. The number of nitrogens with zero attached hydrogens (tertiary/aromatic N) is 2. The van der Waals surface area contributed by atoms with Crippen molar-refractivity contribution in [1.82, 2.24) is 9.59 Å². The highest BCUT2D eigenvalue weighted by Crippen LogP contribution is 2.41. The third-order valence-corrected chi connectivity index (χ3v) is 3.09. The van der Waals surface area contributed by atoms with E-state index < -0.39 is 0 Å². The Morgan fingerprint density at radius 2 is 2.18 bits per heavy atom. The lowest BCUT2D eigenvalue weighted by molar-refractivity contribution is 0.282. The van der Waals surface area contributed by atoms with Gasteiger partial charge in [0, 0.05) is 10.8 Å². The summed E-state index contributed by atoms with van der Waals surface area (Å²) in [5.74, 6) is 1.63. The topological polar surface area (TPSA) is 25.8 Å². The summed E-state index contributed by atoms with van der Waals surface area (Å²) >= 11 is 1.52. The van der Waals surface area contributed by atoms with Crippen LogP contribution in [0.15, 0.2) is 0 Å². The molecule has 1 aromatic heterocycles. The first kappa shape index (κ1) is 7.22. The van der Waals surface area contributed by atoms with E-state index in [0.29, 0.717) is 0 Å². The van der Waals surface area contributed by atoms with E-state index in [-0.39, 0.29) is 0 Å². The van der Waals surface area contributed by atoms with Crippen LogP contribution < -0.4 is 0 Å². The zero-order chi connectivity index (χ0) is 7.84. The third-order valence-electron chi connectivity index (χ3n) is 2.45. The van der Waals surface area contributed by atoms with Crippen LogP contribution in [-0.4, -0.2) is 9.59 Å². The van der Waals surface area contributed by atoms with Gasteiger partial charge in [-0.05, 0) is 37.2 Å². The molecule has 60 valence electrons. The zero-order valence-electron chi connectivity index (χ0n) is 6.87. The Hall–Kier alpha value is -0.440. The molecule has 3 heteroatoms. The fraction of sp³-hybridized carbons (Fsp3) is 0.750. The average Bonchev–Trinajstić information content (AvgIpc) is 2.29. The van der Waals surface area contributed by atoms with E-state index in [4.69, 9.17) is 0 Å². The zero-order valence-corrected chi connectivity index (χ0v) is 7.69. The summed E-state index contributed by atoms with van der Waals surface area (Å²) in [6.07, 6.45) is 2.62. The van der Waals surface area contributed by atoms with Gasteiger partial charge in [0.15, 0.2) is 0 Å². The summed E-state index contributed by atoms with van der Waals surface area (Å²) in [6, 6.07) is 0. The maximum atomic E-state index is 4.14. The summed E-state index contributed by atoms with van der Waals surface area (Å²) in [7, 11) is 0. The summed E-state index contributed by atoms with van der Waals surface area (Å²) in [5.41, 5.74) is 1.26. The number of hydrogen-bond acceptors (Lipinski definition) is 3. The molecule has 0 aliphatic heterocycles. The third kappa shape index (κ3) is 1.18. The number of hydrogen-bond donors (Lipinski definition) is 0. The van der Waals surface area contributed by atoms with E-state index in [1.165, 1.54) is 34.9 Å². The molecule has 0 atom stereocenters. The Labute approximate surface area is 70.8 Å². The van der Waals surface area contributed by atoms with Gasteiger partial charge in [-0.25, -0.2) is 0 Å². The van der Waals surface area contributed by atoms with E-state index in [9.17, 15) is 0 Å². The predicted molar refractivity (Wildman–Crippen MR) is 45.8 cm³/mol. The summed E-state index contributed by atoms with van der Waals surface area (Å²) in [6.45, 7) is 4.41. The molecule has 1 heterocycles. The van der Waals surface area contributed by atoms with Gasteiger partial charge < -0.3 is 0 Å². The molecule has 0 amide bonds. The van der Waals surface area contributed by atoms with E-state index in [1.807, 2.05) is 0 Å². The molecule has 2 nitrogen and oxygen atoms in total. The van der Waals surface area contributed by atoms with E-state index in [1.54, 1.807) is 0 Å². The van der Waals surface area contributed by atoms with Crippen LogP contribution >= 0.6 is 11.5 Å². The fourth-order valence-corrected chi connectivity index (χ4v) is 2.29. The van der Waals surface area contributed by atoms with Crippen molar-refractivity contribution in [2.75, 3.05) is 0 Å². The Bertz CT molecular complexity index is 250. The van der Waals surface area contributed by atoms with Gasteiger partial charge in [0.25, 0.3) is 0 Å².